The molecule has 4 rings (SSSR count). The van der Waals surface area contributed by atoms with Gasteiger partial charge in [-0.2, -0.15) is 0 Å². The SMILES string of the molecule is C=C/C(=C\C=C/C)N1C(=O)/C(=C/c2ccc3nccnc3c2)SC1=Nc1ccccc1. The van der Waals surface area contributed by atoms with Gasteiger partial charge in [0.2, 0.25) is 0 Å². The average Bonchev–Trinajstić information content (AvgIpc) is 3.09. The number of nitrogens with zero attached hydrogens (tertiary/aromatic N) is 4. The second-order valence-electron chi connectivity index (χ2n) is 6.61. The van der Waals surface area contributed by atoms with Crippen LogP contribution in [0.4, 0.5) is 5.69 Å². The van der Waals surface area contributed by atoms with Crippen LogP contribution in [-0.2, 0) is 4.79 Å². The molecule has 0 N–H and O–H groups in total. The predicted octanol–water partition coefficient (Wildman–Crippen LogP) is 5.88. The van der Waals surface area contributed by atoms with Crippen LogP contribution in [0.5, 0.6) is 0 Å². The Morgan fingerprint density at radius 1 is 1.10 bits per heavy atom. The Morgan fingerprint density at radius 3 is 2.61 bits per heavy atom. The van der Waals surface area contributed by atoms with Gasteiger partial charge in [0.15, 0.2) is 5.17 Å². The van der Waals surface area contributed by atoms with Crippen LogP contribution in [0.1, 0.15) is 12.5 Å². The number of rotatable bonds is 5. The third-order valence-electron chi connectivity index (χ3n) is 4.51. The molecule has 0 aliphatic carbocycles. The molecule has 1 fully saturated rings. The Balaban J connectivity index is 1.77. The number of hydrogen-bond acceptors (Lipinski definition) is 5. The maximum Gasteiger partial charge on any atom is 0.271 e. The maximum atomic E-state index is 13.4. The van der Waals surface area contributed by atoms with Gasteiger partial charge in [-0.1, -0.05) is 43.0 Å². The number of amides is 1. The summed E-state index contributed by atoms with van der Waals surface area (Å²) in [4.78, 5) is 28.9. The number of fused-ring (bicyclic) bond motifs is 1. The summed E-state index contributed by atoms with van der Waals surface area (Å²) in [5.74, 6) is -0.144. The van der Waals surface area contributed by atoms with Gasteiger partial charge in [-0.05, 0) is 66.7 Å². The van der Waals surface area contributed by atoms with Crippen LogP contribution in [0.25, 0.3) is 17.1 Å². The molecule has 2 heterocycles. The lowest BCUT2D eigenvalue weighted by Gasteiger charge is -2.16. The smallest absolute Gasteiger partial charge is 0.268 e. The van der Waals surface area contributed by atoms with Crippen molar-refractivity contribution in [2.75, 3.05) is 0 Å². The van der Waals surface area contributed by atoms with Crippen molar-refractivity contribution >= 4 is 45.6 Å². The summed E-state index contributed by atoms with van der Waals surface area (Å²) in [6.45, 7) is 5.80. The number of carbonyl (C=O) groups excluding carboxylic acids is 1. The second-order valence-corrected chi connectivity index (χ2v) is 7.62. The molecule has 1 aliphatic rings. The molecule has 1 aliphatic heterocycles. The highest BCUT2D eigenvalue weighted by molar-refractivity contribution is 8.18. The Bertz CT molecular complexity index is 1260. The van der Waals surface area contributed by atoms with E-state index in [0.29, 0.717) is 15.8 Å². The number of benzene rings is 2. The molecule has 1 aromatic heterocycles. The monoisotopic (exact) mass is 424 g/mol. The fourth-order valence-electron chi connectivity index (χ4n) is 3.04. The number of allylic oxidation sites excluding steroid dienone is 4. The Labute approximate surface area is 185 Å². The minimum atomic E-state index is -0.144. The molecule has 6 heteroatoms. The lowest BCUT2D eigenvalue weighted by atomic mass is 10.1. The fraction of sp³-hybridized carbons (Fsp3) is 0.0400. The summed E-state index contributed by atoms with van der Waals surface area (Å²) in [7, 11) is 0. The quantitative estimate of drug-likeness (QED) is 0.379. The fourth-order valence-corrected chi connectivity index (χ4v) is 4.04. The summed E-state index contributed by atoms with van der Waals surface area (Å²) in [5, 5.41) is 0.582. The molecule has 152 valence electrons. The standard InChI is InChI=1S/C25H20N4OS/c1-3-5-11-20(4-2)29-24(30)23(31-25(29)28-19-9-7-6-8-10-19)17-18-12-13-21-22(16-18)27-15-14-26-21/h3-17H,2H2,1H3/b5-3-,20-11+,23-17-,28-25?. The molecule has 0 saturated carbocycles. The number of amidine groups is 1. The summed E-state index contributed by atoms with van der Waals surface area (Å²) in [6.07, 6.45) is 12.5. The predicted molar refractivity (Wildman–Crippen MR) is 129 cm³/mol. The van der Waals surface area contributed by atoms with E-state index >= 15 is 0 Å². The Hall–Kier alpha value is -3.77. The summed E-state index contributed by atoms with van der Waals surface area (Å²) >= 11 is 1.34. The van der Waals surface area contributed by atoms with Crippen LogP contribution < -0.4 is 0 Å². The molecule has 1 saturated heterocycles. The van der Waals surface area contributed by atoms with E-state index in [1.165, 1.54) is 11.8 Å². The molecule has 0 atom stereocenters. The summed E-state index contributed by atoms with van der Waals surface area (Å²) in [5.41, 5.74) is 3.91. The van der Waals surface area contributed by atoms with Gasteiger partial charge >= 0.3 is 0 Å². The number of aromatic nitrogens is 2. The first-order chi connectivity index (χ1) is 15.2. The zero-order chi connectivity index (χ0) is 21.6. The van der Waals surface area contributed by atoms with Gasteiger partial charge in [-0.15, -0.1) is 0 Å². The minimum absolute atomic E-state index is 0.144. The molecule has 0 radical (unpaired) electrons. The molecule has 2 aromatic carbocycles. The van der Waals surface area contributed by atoms with Gasteiger partial charge in [0, 0.05) is 12.4 Å². The molecular formula is C25H20N4OS. The molecule has 0 spiro atoms. The van der Waals surface area contributed by atoms with Crippen molar-refractivity contribution < 1.29 is 4.79 Å². The maximum absolute atomic E-state index is 13.4. The third kappa shape index (κ3) is 4.54. The van der Waals surface area contributed by atoms with Gasteiger partial charge in [0.05, 0.1) is 27.3 Å². The highest BCUT2D eigenvalue weighted by atomic mass is 32.2. The highest BCUT2D eigenvalue weighted by Gasteiger charge is 2.35. The summed E-state index contributed by atoms with van der Waals surface area (Å²) < 4.78 is 0. The first-order valence-corrected chi connectivity index (χ1v) is 10.5. The number of para-hydroxylation sites is 1. The van der Waals surface area contributed by atoms with Crippen molar-refractivity contribution in [1.82, 2.24) is 14.9 Å². The molecular weight excluding hydrogens is 404 g/mol. The van der Waals surface area contributed by atoms with Crippen molar-refractivity contribution in [3.63, 3.8) is 0 Å². The van der Waals surface area contributed by atoms with Gasteiger partial charge in [-0.25, -0.2) is 4.99 Å². The van der Waals surface area contributed by atoms with Crippen LogP contribution in [0, 0.1) is 0 Å². The van der Waals surface area contributed by atoms with Crippen molar-refractivity contribution in [1.29, 1.82) is 0 Å². The number of aliphatic imine (C=N–C) groups is 1. The van der Waals surface area contributed by atoms with E-state index in [9.17, 15) is 4.79 Å². The zero-order valence-corrected chi connectivity index (χ0v) is 17.8. The third-order valence-corrected chi connectivity index (χ3v) is 5.47. The highest BCUT2D eigenvalue weighted by Crippen LogP contribution is 2.36. The van der Waals surface area contributed by atoms with Crippen molar-refractivity contribution in [3.8, 4) is 0 Å². The van der Waals surface area contributed by atoms with E-state index in [4.69, 9.17) is 4.99 Å². The van der Waals surface area contributed by atoms with Gasteiger partial charge in [0.25, 0.3) is 5.91 Å². The topological polar surface area (TPSA) is 58.5 Å². The van der Waals surface area contributed by atoms with Crippen LogP contribution >= 0.6 is 11.8 Å². The molecule has 5 nitrogen and oxygen atoms in total. The van der Waals surface area contributed by atoms with E-state index in [0.717, 1.165) is 22.3 Å². The summed E-state index contributed by atoms with van der Waals surface area (Å²) in [6, 6.07) is 15.3. The molecule has 0 bridgehead atoms. The second kappa shape index (κ2) is 9.36. The average molecular weight is 425 g/mol. The molecule has 31 heavy (non-hydrogen) atoms. The Kier molecular flexibility index (Phi) is 6.19. The van der Waals surface area contributed by atoms with Crippen LogP contribution in [0.3, 0.4) is 0 Å². The van der Waals surface area contributed by atoms with Crippen molar-refractivity contribution in [2.45, 2.75) is 6.92 Å². The number of thioether (sulfide) groups is 1. The van der Waals surface area contributed by atoms with Crippen molar-refractivity contribution in [2.24, 2.45) is 4.99 Å². The van der Waals surface area contributed by atoms with E-state index in [-0.39, 0.29) is 5.91 Å². The minimum Gasteiger partial charge on any atom is -0.268 e. The van der Waals surface area contributed by atoms with E-state index in [1.807, 2.05) is 79.8 Å². The molecule has 0 unspecified atom stereocenters. The zero-order valence-electron chi connectivity index (χ0n) is 17.0. The normalized spacial score (nSPS) is 17.4. The van der Waals surface area contributed by atoms with Gasteiger partial charge < -0.3 is 0 Å². The first-order valence-electron chi connectivity index (χ1n) is 9.73. The largest absolute Gasteiger partial charge is 0.271 e. The molecule has 3 aromatic rings. The Morgan fingerprint density at radius 2 is 1.87 bits per heavy atom. The number of carbonyl (C=O) groups is 1. The van der Waals surface area contributed by atoms with Crippen LogP contribution in [0.15, 0.2) is 107 Å². The van der Waals surface area contributed by atoms with E-state index in [1.54, 1.807) is 23.4 Å². The number of hydrogen-bond donors (Lipinski definition) is 0. The van der Waals surface area contributed by atoms with E-state index < -0.39 is 0 Å². The first kappa shape index (κ1) is 20.5. The van der Waals surface area contributed by atoms with Crippen LogP contribution in [-0.4, -0.2) is 25.9 Å². The van der Waals surface area contributed by atoms with Gasteiger partial charge in [0.1, 0.15) is 0 Å². The van der Waals surface area contributed by atoms with Crippen LogP contribution in [0.2, 0.25) is 0 Å². The van der Waals surface area contributed by atoms with E-state index in [2.05, 4.69) is 16.5 Å². The van der Waals surface area contributed by atoms with Crippen molar-refractivity contribution in [3.05, 3.63) is 108 Å². The lowest BCUT2D eigenvalue weighted by Crippen LogP contribution is -2.27. The molecule has 1 amide bonds. The van der Waals surface area contributed by atoms with Gasteiger partial charge in [-0.3, -0.25) is 19.7 Å². The lowest BCUT2D eigenvalue weighted by molar-refractivity contribution is -0.120.